The number of fused-ring (bicyclic) bond motifs is 4. The zero-order valence-corrected chi connectivity index (χ0v) is 25.1. The van der Waals surface area contributed by atoms with Crippen LogP contribution in [0.4, 0.5) is 0 Å². The van der Waals surface area contributed by atoms with Crippen molar-refractivity contribution < 1.29 is 23.9 Å². The predicted octanol–water partition coefficient (Wildman–Crippen LogP) is 3.16. The molecule has 1 fully saturated rings. The number of cyclic esters (lactones) is 1. The lowest BCUT2D eigenvalue weighted by Gasteiger charge is -2.35. The molecule has 10 nitrogen and oxygen atoms in total. The summed E-state index contributed by atoms with van der Waals surface area (Å²) in [5.41, 5.74) is 5.22. The van der Waals surface area contributed by atoms with Gasteiger partial charge in [-0.2, -0.15) is 0 Å². The molecule has 0 aliphatic carbocycles. The minimum atomic E-state index is -0.933. The fraction of sp³-hybridized carbons (Fsp3) is 0.516. The molecule has 0 saturated carbocycles. The van der Waals surface area contributed by atoms with Gasteiger partial charge in [0, 0.05) is 6.54 Å². The van der Waals surface area contributed by atoms with Gasteiger partial charge in [0.2, 0.25) is 11.8 Å². The molecule has 0 spiro atoms. The van der Waals surface area contributed by atoms with Crippen LogP contribution in [-0.4, -0.2) is 66.2 Å². The highest BCUT2D eigenvalue weighted by molar-refractivity contribution is 5.94. The van der Waals surface area contributed by atoms with Gasteiger partial charge in [-0.05, 0) is 88.9 Å². The Bertz CT molecular complexity index is 1250. The maximum Gasteiger partial charge on any atom is 0.325 e. The Morgan fingerprint density at radius 2 is 1.83 bits per heavy atom. The second kappa shape index (κ2) is 13.2. The Hall–Kier alpha value is -3.79. The molecular weight excluding hydrogens is 522 g/mol. The first-order chi connectivity index (χ1) is 19.2. The number of hydrazine groups is 1. The Kier molecular flexibility index (Phi) is 10.3. The molecular formula is C31H43N5O5. The van der Waals surface area contributed by atoms with Gasteiger partial charge < -0.3 is 15.4 Å². The fourth-order valence-corrected chi connectivity index (χ4v) is 4.64. The van der Waals surface area contributed by atoms with Gasteiger partial charge in [-0.3, -0.25) is 29.2 Å². The van der Waals surface area contributed by atoms with E-state index in [1.54, 1.807) is 33.8 Å². The molecule has 2 heterocycles. The summed E-state index contributed by atoms with van der Waals surface area (Å²) in [5, 5.41) is 6.96. The van der Waals surface area contributed by atoms with Crippen molar-refractivity contribution in [1.29, 1.82) is 0 Å². The van der Waals surface area contributed by atoms with Gasteiger partial charge in [-0.15, -0.1) is 0 Å². The van der Waals surface area contributed by atoms with Gasteiger partial charge in [0.05, 0.1) is 11.1 Å². The van der Waals surface area contributed by atoms with Crippen molar-refractivity contribution in [3.63, 3.8) is 0 Å². The molecule has 0 radical (unpaired) electrons. The number of rotatable bonds is 2. The van der Waals surface area contributed by atoms with Crippen LogP contribution < -0.4 is 16.1 Å². The van der Waals surface area contributed by atoms with Crippen molar-refractivity contribution in [2.24, 2.45) is 16.3 Å². The van der Waals surface area contributed by atoms with Gasteiger partial charge in [0.1, 0.15) is 24.2 Å². The van der Waals surface area contributed by atoms with Gasteiger partial charge in [0.25, 0.3) is 5.91 Å². The highest BCUT2D eigenvalue weighted by Gasteiger charge is 2.35. The Labute approximate surface area is 242 Å². The summed E-state index contributed by atoms with van der Waals surface area (Å²) in [7, 11) is 0. The average Bonchev–Trinajstić information content (AvgIpc) is 2.93. The zero-order chi connectivity index (χ0) is 30.5. The lowest BCUT2D eigenvalue weighted by molar-refractivity contribution is -0.155. The van der Waals surface area contributed by atoms with Crippen LogP contribution in [0.3, 0.4) is 0 Å². The first-order valence-electron chi connectivity index (χ1n) is 14.1. The molecule has 3 rings (SSSR count). The van der Waals surface area contributed by atoms with Gasteiger partial charge in [-0.25, -0.2) is 5.43 Å². The third-order valence-electron chi connectivity index (χ3n) is 7.48. The van der Waals surface area contributed by atoms with Crippen molar-refractivity contribution in [2.45, 2.75) is 85.5 Å². The summed E-state index contributed by atoms with van der Waals surface area (Å²) < 4.78 is 5.74. The highest BCUT2D eigenvalue weighted by Crippen LogP contribution is 2.24. The first kappa shape index (κ1) is 31.7. The van der Waals surface area contributed by atoms with Crippen LogP contribution >= 0.6 is 0 Å². The van der Waals surface area contributed by atoms with E-state index in [9.17, 15) is 19.2 Å². The predicted molar refractivity (Wildman–Crippen MR) is 159 cm³/mol. The standard InChI is InChI=1S/C31H43N5O5/c1-18(2)26-27(37)33-20(4)28(38)36-15-9-10-24(35-36)29(39)41-21(5)25(32-8)17-23-16-22(12-11-19(23)3)13-14-31(6,7)30(40)34-26/h11-14,16-18,20-21,24,26,35H,8-10,15H2,1-7H3,(H,33,37)(H,34,40)/b14-13+,25-17-/t20-,21+,24-,26-/m0/s1. The molecule has 10 heteroatoms. The lowest BCUT2D eigenvalue weighted by Crippen LogP contribution is -2.61. The number of nitrogens with one attached hydrogen (secondary N) is 3. The van der Waals surface area contributed by atoms with E-state index in [0.29, 0.717) is 25.1 Å². The van der Waals surface area contributed by atoms with Gasteiger partial charge >= 0.3 is 5.97 Å². The van der Waals surface area contributed by atoms with Crippen molar-refractivity contribution >= 4 is 42.6 Å². The number of hydrogen-bond donors (Lipinski definition) is 3. The van der Waals surface area contributed by atoms with Crippen LogP contribution in [0.5, 0.6) is 0 Å². The molecule has 4 bridgehead atoms. The number of ether oxygens (including phenoxy) is 1. The summed E-state index contributed by atoms with van der Waals surface area (Å²) in [4.78, 5) is 57.0. The van der Waals surface area contributed by atoms with Crippen LogP contribution in [0.1, 0.15) is 71.1 Å². The Morgan fingerprint density at radius 3 is 2.49 bits per heavy atom. The third kappa shape index (κ3) is 7.91. The largest absolute Gasteiger partial charge is 0.455 e. The number of aryl methyl sites for hydroxylation is 1. The molecule has 222 valence electrons. The Balaban J connectivity index is 2.03. The van der Waals surface area contributed by atoms with Crippen LogP contribution in [0.25, 0.3) is 12.2 Å². The molecule has 3 amide bonds. The average molecular weight is 566 g/mol. The minimum Gasteiger partial charge on any atom is -0.455 e. The SMILES string of the molecule is C=N/C1=C\c2cc(ccc2C)/C=C/C(C)(C)C(=O)N[C@@H](C(C)C)C(=O)N[C@@H](C)C(=O)N2CCC[C@H](N2)C(=O)O[C@@H]1C. The summed E-state index contributed by atoms with van der Waals surface area (Å²) in [5.74, 6) is -1.90. The smallest absolute Gasteiger partial charge is 0.325 e. The van der Waals surface area contributed by atoms with E-state index in [0.717, 1.165) is 16.7 Å². The molecule has 4 atom stereocenters. The minimum absolute atomic E-state index is 0.226. The van der Waals surface area contributed by atoms with Crippen molar-refractivity contribution in [3.8, 4) is 0 Å². The first-order valence-corrected chi connectivity index (χ1v) is 14.1. The maximum absolute atomic E-state index is 13.3. The molecule has 41 heavy (non-hydrogen) atoms. The lowest BCUT2D eigenvalue weighted by atomic mass is 9.89. The van der Waals surface area contributed by atoms with Crippen molar-refractivity contribution in [2.75, 3.05) is 6.54 Å². The molecule has 0 unspecified atom stereocenters. The van der Waals surface area contributed by atoms with Gasteiger partial charge in [0.15, 0.2) is 0 Å². The topological polar surface area (TPSA) is 129 Å². The number of esters is 1. The molecule has 2 aliphatic rings. The summed E-state index contributed by atoms with van der Waals surface area (Å²) in [6.45, 7) is 16.5. The van der Waals surface area contributed by atoms with E-state index in [2.05, 4.69) is 27.8 Å². The molecule has 1 aromatic rings. The van der Waals surface area contributed by atoms with E-state index in [1.165, 1.54) is 5.01 Å². The number of benzene rings is 1. The number of carbonyl (C=O) groups excluding carboxylic acids is 4. The van der Waals surface area contributed by atoms with E-state index in [4.69, 9.17) is 4.74 Å². The number of nitrogens with zero attached hydrogens (tertiary/aromatic N) is 2. The molecule has 3 N–H and O–H groups in total. The van der Waals surface area contributed by atoms with Crippen molar-refractivity contribution in [1.82, 2.24) is 21.1 Å². The second-order valence-corrected chi connectivity index (χ2v) is 11.7. The molecule has 1 aromatic carbocycles. The second-order valence-electron chi connectivity index (χ2n) is 11.7. The van der Waals surface area contributed by atoms with E-state index >= 15 is 0 Å². The zero-order valence-electron chi connectivity index (χ0n) is 25.1. The van der Waals surface area contributed by atoms with Crippen LogP contribution in [0.2, 0.25) is 0 Å². The monoisotopic (exact) mass is 565 g/mol. The van der Waals surface area contributed by atoms with Crippen LogP contribution in [0, 0.1) is 18.3 Å². The maximum atomic E-state index is 13.3. The van der Waals surface area contributed by atoms with Crippen LogP contribution in [-0.2, 0) is 23.9 Å². The number of aliphatic imine (C=N–C) groups is 1. The summed E-state index contributed by atoms with van der Waals surface area (Å²) >= 11 is 0. The number of carbonyl (C=O) groups is 4. The van der Waals surface area contributed by atoms with Gasteiger partial charge in [-0.1, -0.05) is 38.1 Å². The third-order valence-corrected chi connectivity index (χ3v) is 7.48. The van der Waals surface area contributed by atoms with E-state index < -0.39 is 47.4 Å². The molecule has 2 aliphatic heterocycles. The molecule has 0 aromatic heterocycles. The van der Waals surface area contributed by atoms with E-state index in [-0.39, 0.29) is 11.8 Å². The quantitative estimate of drug-likeness (QED) is 0.373. The highest BCUT2D eigenvalue weighted by atomic mass is 16.5. The van der Waals surface area contributed by atoms with Crippen LogP contribution in [0.15, 0.2) is 35.0 Å². The summed E-state index contributed by atoms with van der Waals surface area (Å²) in [6, 6.07) is 3.39. The number of hydrogen-bond acceptors (Lipinski definition) is 7. The van der Waals surface area contributed by atoms with E-state index in [1.807, 2.05) is 51.1 Å². The van der Waals surface area contributed by atoms with Crippen molar-refractivity contribution in [3.05, 3.63) is 46.7 Å². The fourth-order valence-electron chi connectivity index (χ4n) is 4.64. The summed E-state index contributed by atoms with van der Waals surface area (Å²) in [6.07, 6.45) is 5.86. The Morgan fingerprint density at radius 1 is 1.12 bits per heavy atom. The number of amides is 3. The molecule has 1 saturated heterocycles. The normalized spacial score (nSPS) is 28.4.